The molecule has 0 saturated carbocycles. The molecule has 2 unspecified atom stereocenters. The summed E-state index contributed by atoms with van der Waals surface area (Å²) in [6, 6.07) is 0. The number of ether oxygens (including phenoxy) is 8. The Morgan fingerprint density at radius 1 is 0.492 bits per heavy atom. The van der Waals surface area contributed by atoms with Crippen LogP contribution < -0.4 is 5.32 Å². The number of carbonyl (C=O) groups is 9. The molecule has 4 atom stereocenters. The van der Waals surface area contributed by atoms with Crippen molar-refractivity contribution in [1.29, 1.82) is 0 Å². The summed E-state index contributed by atoms with van der Waals surface area (Å²) in [4.78, 5) is 117. The molecular weight excluding hydrogens is 1100 g/mol. The van der Waals surface area contributed by atoms with Gasteiger partial charge in [0, 0.05) is 0 Å². The number of aldehydes is 1. The Balaban J connectivity index is 2.40. The molecule has 0 aliphatic carbocycles. The number of hydrogen-bond acceptors (Lipinski definition) is 17. The van der Waals surface area contributed by atoms with E-state index in [0.717, 1.165) is 0 Å². The molecule has 2 aliphatic rings. The average Bonchev–Trinajstić information content (AvgIpc) is 3.80. The predicted molar refractivity (Wildman–Crippen MR) is 237 cm³/mol. The molecule has 1 saturated heterocycles. The average molecular weight is 1160 g/mol. The van der Waals surface area contributed by atoms with Gasteiger partial charge in [0.15, 0.2) is 0 Å². The standard InChI is InChI=1S/C41H57Br4NO17/c1-35(2,42)28(49)57-17-40(10,18-58-29(50)36(3,4)43)33(54)61-21-39(9,32(53)56-15-14-46-27(48)26-23(16-47)24-12-13-25(26)63-24)22-62-34(55)41(11,19-59-30(51)37(5,6)44)20-60-31(52)38(7,8)45/h12-13,16,23-26H,14-15,17-22H2,1-11H3,(H,46,48)/t23-,24?,25?,26-/m1/s1. The minimum atomic E-state index is -2.00. The van der Waals surface area contributed by atoms with Gasteiger partial charge in [-0.05, 0) is 76.2 Å². The lowest BCUT2D eigenvalue weighted by atomic mass is 9.83. The number of amides is 1. The van der Waals surface area contributed by atoms with Crippen LogP contribution in [-0.4, -0.2) is 136 Å². The van der Waals surface area contributed by atoms with E-state index in [-0.39, 0.29) is 6.54 Å². The Hall–Kier alpha value is -2.95. The first-order valence-electron chi connectivity index (χ1n) is 19.6. The molecule has 0 aromatic carbocycles. The second-order valence-corrected chi connectivity index (χ2v) is 26.1. The van der Waals surface area contributed by atoms with Crippen molar-refractivity contribution in [3.8, 4) is 0 Å². The maximum absolute atomic E-state index is 13.9. The first kappa shape index (κ1) is 56.2. The van der Waals surface area contributed by atoms with Gasteiger partial charge in [-0.15, -0.1) is 0 Å². The number of alkyl halides is 4. The van der Waals surface area contributed by atoms with Gasteiger partial charge in [0.25, 0.3) is 0 Å². The second kappa shape index (κ2) is 22.0. The molecule has 1 N–H and O–H groups in total. The van der Waals surface area contributed by atoms with Gasteiger partial charge in [-0.3, -0.25) is 38.4 Å². The number of fused-ring (bicyclic) bond motifs is 2. The number of esters is 7. The van der Waals surface area contributed by atoms with Crippen LogP contribution >= 0.6 is 63.7 Å². The minimum absolute atomic E-state index is 0.214. The van der Waals surface area contributed by atoms with Crippen molar-refractivity contribution in [2.24, 2.45) is 28.1 Å². The molecule has 2 heterocycles. The summed E-state index contributed by atoms with van der Waals surface area (Å²) in [5, 5.41) is 2.62. The summed E-state index contributed by atoms with van der Waals surface area (Å²) in [5.74, 6) is -8.28. The normalized spacial score (nSPS) is 19.0. The zero-order chi connectivity index (χ0) is 48.6. The quantitative estimate of drug-likeness (QED) is 0.0352. The maximum atomic E-state index is 13.9. The molecule has 1 fully saturated rings. The Kier molecular flexibility index (Phi) is 19.6. The van der Waals surface area contributed by atoms with E-state index in [0.29, 0.717) is 6.29 Å². The van der Waals surface area contributed by atoms with Gasteiger partial charge in [0.05, 0.1) is 30.6 Å². The summed E-state index contributed by atoms with van der Waals surface area (Å²) in [6.07, 6.45) is 2.94. The third-order valence-electron chi connectivity index (χ3n) is 9.60. The molecule has 0 aromatic heterocycles. The maximum Gasteiger partial charge on any atom is 0.322 e. The van der Waals surface area contributed by atoms with E-state index in [1.54, 1.807) is 12.2 Å². The molecule has 0 aromatic rings. The number of carbonyl (C=O) groups excluding carboxylic acids is 9. The van der Waals surface area contributed by atoms with E-state index >= 15 is 0 Å². The van der Waals surface area contributed by atoms with Gasteiger partial charge < -0.3 is 48.0 Å². The molecule has 2 aliphatic heterocycles. The van der Waals surface area contributed by atoms with Crippen LogP contribution in [0.5, 0.6) is 0 Å². The third kappa shape index (κ3) is 16.2. The van der Waals surface area contributed by atoms with Crippen molar-refractivity contribution in [2.75, 3.05) is 52.8 Å². The molecule has 356 valence electrons. The van der Waals surface area contributed by atoms with Crippen molar-refractivity contribution in [1.82, 2.24) is 5.32 Å². The zero-order valence-electron chi connectivity index (χ0n) is 37.2. The predicted octanol–water partition coefficient (Wildman–Crippen LogP) is 4.39. The zero-order valence-corrected chi connectivity index (χ0v) is 43.5. The topological polar surface area (TPSA) is 239 Å². The molecule has 2 bridgehead atoms. The highest BCUT2D eigenvalue weighted by molar-refractivity contribution is 9.10. The summed E-state index contributed by atoms with van der Waals surface area (Å²) in [6.45, 7) is 11.1. The number of rotatable bonds is 24. The van der Waals surface area contributed by atoms with Crippen LogP contribution in [-0.2, 0) is 81.0 Å². The van der Waals surface area contributed by atoms with Crippen LogP contribution in [0.1, 0.15) is 76.2 Å². The van der Waals surface area contributed by atoms with Crippen LogP contribution in [0.4, 0.5) is 0 Å². The Bertz CT molecular complexity index is 1630. The van der Waals surface area contributed by atoms with Crippen LogP contribution in [0.2, 0.25) is 0 Å². The number of hydrogen-bond donors (Lipinski definition) is 1. The number of halogens is 4. The summed E-state index contributed by atoms with van der Waals surface area (Å²) in [5.41, 5.74) is -5.69. The Morgan fingerprint density at radius 2 is 0.778 bits per heavy atom. The molecule has 2 rings (SSSR count). The molecule has 0 spiro atoms. The first-order valence-corrected chi connectivity index (χ1v) is 22.8. The van der Waals surface area contributed by atoms with Crippen molar-refractivity contribution < 1.29 is 81.0 Å². The lowest BCUT2D eigenvalue weighted by molar-refractivity contribution is -0.182. The van der Waals surface area contributed by atoms with Crippen molar-refractivity contribution >= 4 is 118 Å². The molecule has 1 amide bonds. The van der Waals surface area contributed by atoms with Crippen LogP contribution in [0.3, 0.4) is 0 Å². The fourth-order valence-corrected chi connectivity index (χ4v) is 5.75. The molecular formula is C41H57Br4NO17. The lowest BCUT2D eigenvalue weighted by Crippen LogP contribution is -2.48. The van der Waals surface area contributed by atoms with Crippen LogP contribution in [0, 0.1) is 28.1 Å². The van der Waals surface area contributed by atoms with Gasteiger partial charge in [-0.2, -0.15) is 0 Å². The second-order valence-electron chi connectivity index (χ2n) is 18.1. The molecule has 18 nitrogen and oxygen atoms in total. The van der Waals surface area contributed by atoms with Crippen LogP contribution in [0.15, 0.2) is 12.2 Å². The van der Waals surface area contributed by atoms with Gasteiger partial charge >= 0.3 is 41.8 Å². The smallest absolute Gasteiger partial charge is 0.322 e. The Morgan fingerprint density at radius 3 is 1.08 bits per heavy atom. The van der Waals surface area contributed by atoms with E-state index in [2.05, 4.69) is 69.0 Å². The monoisotopic (exact) mass is 1150 g/mol. The van der Waals surface area contributed by atoms with E-state index in [1.807, 2.05) is 0 Å². The van der Waals surface area contributed by atoms with E-state index in [9.17, 15) is 43.2 Å². The largest absolute Gasteiger partial charge is 0.464 e. The summed E-state index contributed by atoms with van der Waals surface area (Å²) >= 11 is 12.8. The molecule has 63 heavy (non-hydrogen) atoms. The SMILES string of the molecule is CC(C)(Br)C(=O)OCC(C)(COC(=O)C(C)(C)Br)C(=O)OCC(C)(COC(=O)C(C)(COC(=O)C(C)(C)Br)COC(=O)C(C)(C)Br)C(=O)OCCNC(=O)[C@H]1C2C=CC(O2)[C@H]1C=O. The lowest BCUT2D eigenvalue weighted by Gasteiger charge is -2.33. The van der Waals surface area contributed by atoms with E-state index in [1.165, 1.54) is 76.2 Å². The van der Waals surface area contributed by atoms with Crippen molar-refractivity contribution in [3.05, 3.63) is 12.2 Å². The highest BCUT2D eigenvalue weighted by atomic mass is 79.9. The van der Waals surface area contributed by atoms with Gasteiger partial charge in [-0.25, -0.2) is 0 Å². The Labute approximate surface area is 400 Å². The van der Waals surface area contributed by atoms with Gasteiger partial charge in [0.2, 0.25) is 5.91 Å². The first-order chi connectivity index (χ1) is 28.6. The van der Waals surface area contributed by atoms with Gasteiger partial charge in [-0.1, -0.05) is 75.9 Å². The highest BCUT2D eigenvalue weighted by Gasteiger charge is 2.50. The van der Waals surface area contributed by atoms with Crippen LogP contribution in [0.25, 0.3) is 0 Å². The fourth-order valence-electron chi connectivity index (χ4n) is 5.30. The third-order valence-corrected chi connectivity index (χ3v) is 10.9. The summed E-state index contributed by atoms with van der Waals surface area (Å²) < 4.78 is 39.3. The van der Waals surface area contributed by atoms with Crippen molar-refractivity contribution in [3.63, 3.8) is 0 Å². The fraction of sp³-hybridized carbons (Fsp3) is 0.732. The highest BCUT2D eigenvalue weighted by Crippen LogP contribution is 2.38. The van der Waals surface area contributed by atoms with E-state index < -0.39 is 152 Å². The van der Waals surface area contributed by atoms with Crippen molar-refractivity contribution in [2.45, 2.75) is 106 Å². The number of nitrogens with one attached hydrogen (secondary N) is 1. The van der Waals surface area contributed by atoms with Gasteiger partial charge in [0.1, 0.15) is 86.1 Å². The molecule has 0 radical (unpaired) electrons. The summed E-state index contributed by atoms with van der Waals surface area (Å²) in [7, 11) is 0. The minimum Gasteiger partial charge on any atom is -0.464 e. The molecule has 22 heteroatoms. The van der Waals surface area contributed by atoms with E-state index in [4.69, 9.17) is 37.9 Å².